The maximum atomic E-state index is 12.1. The fraction of sp³-hybridized carbons (Fsp3) is 0.278. The molecule has 0 atom stereocenters. The van der Waals surface area contributed by atoms with Crippen LogP contribution in [0, 0.1) is 27.7 Å². The highest BCUT2D eigenvalue weighted by Gasteiger charge is 2.10. The molecule has 0 unspecified atom stereocenters. The molecule has 116 valence electrons. The van der Waals surface area contributed by atoms with Crippen LogP contribution in [-0.4, -0.2) is 12.5 Å². The van der Waals surface area contributed by atoms with Gasteiger partial charge < -0.3 is 10.1 Å². The van der Waals surface area contributed by atoms with Crippen LogP contribution in [0.15, 0.2) is 30.3 Å². The molecule has 0 radical (unpaired) electrons. The highest BCUT2D eigenvalue weighted by Crippen LogP contribution is 2.27. The third kappa shape index (κ3) is 3.80. The number of nitrogens with one attached hydrogen (secondary N) is 1. The molecule has 1 amide bonds. The van der Waals surface area contributed by atoms with Crippen molar-refractivity contribution in [3.63, 3.8) is 0 Å². The van der Waals surface area contributed by atoms with E-state index in [-0.39, 0.29) is 12.5 Å². The molecule has 0 aliphatic rings. The summed E-state index contributed by atoms with van der Waals surface area (Å²) >= 11 is 5.99. The molecule has 0 aliphatic carbocycles. The first-order valence-corrected chi connectivity index (χ1v) is 7.52. The molecule has 3 nitrogen and oxygen atoms in total. The molecule has 1 N–H and O–H groups in total. The van der Waals surface area contributed by atoms with Crippen molar-refractivity contribution >= 4 is 23.2 Å². The van der Waals surface area contributed by atoms with Gasteiger partial charge in [-0.25, -0.2) is 0 Å². The first-order chi connectivity index (χ1) is 10.4. The zero-order chi connectivity index (χ0) is 16.3. The van der Waals surface area contributed by atoms with Gasteiger partial charge in [0.2, 0.25) is 0 Å². The van der Waals surface area contributed by atoms with Crippen molar-refractivity contribution < 1.29 is 9.53 Å². The molecule has 0 saturated carbocycles. The lowest BCUT2D eigenvalue weighted by atomic mass is 10.1. The number of rotatable bonds is 4. The number of aryl methyl sites for hydroxylation is 3. The van der Waals surface area contributed by atoms with Crippen LogP contribution in [0.5, 0.6) is 5.75 Å². The van der Waals surface area contributed by atoms with Crippen molar-refractivity contribution in [3.8, 4) is 5.75 Å². The summed E-state index contributed by atoms with van der Waals surface area (Å²) in [4.78, 5) is 12.1. The van der Waals surface area contributed by atoms with Gasteiger partial charge in [-0.15, -0.1) is 0 Å². The molecule has 0 spiro atoms. The quantitative estimate of drug-likeness (QED) is 0.895. The minimum absolute atomic E-state index is 0.0311. The van der Waals surface area contributed by atoms with E-state index in [0.717, 1.165) is 27.9 Å². The molecule has 0 heterocycles. The van der Waals surface area contributed by atoms with Crippen molar-refractivity contribution in [2.45, 2.75) is 27.7 Å². The summed E-state index contributed by atoms with van der Waals surface area (Å²) < 4.78 is 5.66. The van der Waals surface area contributed by atoms with Crippen molar-refractivity contribution in [1.82, 2.24) is 0 Å². The average Bonchev–Trinajstić information content (AvgIpc) is 2.42. The van der Waals surface area contributed by atoms with E-state index in [1.54, 1.807) is 0 Å². The van der Waals surface area contributed by atoms with Gasteiger partial charge >= 0.3 is 0 Å². The maximum Gasteiger partial charge on any atom is 0.262 e. The number of ether oxygens (including phenoxy) is 1. The monoisotopic (exact) mass is 317 g/mol. The molecule has 0 aliphatic heterocycles. The fourth-order valence-electron chi connectivity index (χ4n) is 2.34. The van der Waals surface area contributed by atoms with E-state index in [9.17, 15) is 4.79 Å². The van der Waals surface area contributed by atoms with Gasteiger partial charge in [0.25, 0.3) is 5.91 Å². The lowest BCUT2D eigenvalue weighted by Crippen LogP contribution is -2.21. The number of carbonyl (C=O) groups is 1. The zero-order valence-electron chi connectivity index (χ0n) is 13.3. The molecule has 2 rings (SSSR count). The Kier molecular flexibility index (Phi) is 5.09. The topological polar surface area (TPSA) is 38.3 Å². The molecule has 0 bridgehead atoms. The van der Waals surface area contributed by atoms with Crippen molar-refractivity contribution in [3.05, 3.63) is 57.6 Å². The number of amides is 1. The zero-order valence-corrected chi connectivity index (χ0v) is 14.0. The predicted octanol–water partition coefficient (Wildman–Crippen LogP) is 4.59. The molecule has 22 heavy (non-hydrogen) atoms. The van der Waals surface area contributed by atoms with Crippen LogP contribution in [0.4, 0.5) is 5.69 Å². The Balaban J connectivity index is 2.03. The van der Waals surface area contributed by atoms with E-state index in [1.165, 1.54) is 0 Å². The number of halogens is 1. The van der Waals surface area contributed by atoms with Crippen molar-refractivity contribution in [2.24, 2.45) is 0 Å². The minimum Gasteiger partial charge on any atom is -0.483 e. The van der Waals surface area contributed by atoms with Crippen molar-refractivity contribution in [2.75, 3.05) is 11.9 Å². The highest BCUT2D eigenvalue weighted by atomic mass is 35.5. The standard InChI is InChI=1S/C18H20ClNO2/c1-11-6-5-7-16(14(11)4)20-17(21)10-22-18-12(2)8-15(19)9-13(18)3/h5-9H,10H2,1-4H3,(H,20,21). The van der Waals surface area contributed by atoms with Gasteiger partial charge in [0.05, 0.1) is 0 Å². The number of carbonyl (C=O) groups excluding carboxylic acids is 1. The second-order valence-electron chi connectivity index (χ2n) is 5.45. The lowest BCUT2D eigenvalue weighted by molar-refractivity contribution is -0.118. The molecule has 0 aromatic heterocycles. The maximum absolute atomic E-state index is 12.1. The van der Waals surface area contributed by atoms with E-state index in [2.05, 4.69) is 5.32 Å². The van der Waals surface area contributed by atoms with Gasteiger partial charge in [0.1, 0.15) is 5.75 Å². The van der Waals surface area contributed by atoms with Gasteiger partial charge in [0, 0.05) is 10.7 Å². The Bertz CT molecular complexity index is 687. The summed E-state index contributed by atoms with van der Waals surface area (Å²) in [6, 6.07) is 9.48. The molecule has 2 aromatic rings. The summed E-state index contributed by atoms with van der Waals surface area (Å²) in [5, 5.41) is 3.55. The molecule has 2 aromatic carbocycles. The van der Waals surface area contributed by atoms with E-state index >= 15 is 0 Å². The second-order valence-corrected chi connectivity index (χ2v) is 5.89. The molecular formula is C18H20ClNO2. The Morgan fingerprint density at radius 2 is 1.73 bits per heavy atom. The Morgan fingerprint density at radius 1 is 1.09 bits per heavy atom. The smallest absolute Gasteiger partial charge is 0.262 e. The van der Waals surface area contributed by atoms with E-state index < -0.39 is 0 Å². The summed E-state index contributed by atoms with van der Waals surface area (Å²) in [5.41, 5.74) is 4.87. The number of anilines is 1. The van der Waals surface area contributed by atoms with Crippen LogP contribution in [-0.2, 0) is 4.79 Å². The van der Waals surface area contributed by atoms with Crippen LogP contribution in [0.25, 0.3) is 0 Å². The molecule has 4 heteroatoms. The van der Waals surface area contributed by atoms with Crippen molar-refractivity contribution in [1.29, 1.82) is 0 Å². The molecule has 0 fully saturated rings. The van der Waals surface area contributed by atoms with E-state index in [1.807, 2.05) is 58.0 Å². The van der Waals surface area contributed by atoms with Crippen LogP contribution in [0.1, 0.15) is 22.3 Å². The van der Waals surface area contributed by atoms with Crippen LogP contribution < -0.4 is 10.1 Å². The largest absolute Gasteiger partial charge is 0.483 e. The predicted molar refractivity (Wildman–Crippen MR) is 91.0 cm³/mol. The third-order valence-electron chi connectivity index (χ3n) is 3.65. The van der Waals surface area contributed by atoms with Gasteiger partial charge in [-0.3, -0.25) is 4.79 Å². The first-order valence-electron chi connectivity index (χ1n) is 7.14. The van der Waals surface area contributed by atoms with Gasteiger partial charge in [0.15, 0.2) is 6.61 Å². The molecule has 0 saturated heterocycles. The van der Waals surface area contributed by atoms with Gasteiger partial charge in [-0.05, 0) is 68.1 Å². The summed E-state index contributed by atoms with van der Waals surface area (Å²) in [5.74, 6) is 0.531. The Hall–Kier alpha value is -2.00. The Labute approximate surface area is 136 Å². The number of hydrogen-bond acceptors (Lipinski definition) is 2. The van der Waals surface area contributed by atoms with Crippen LogP contribution >= 0.6 is 11.6 Å². The van der Waals surface area contributed by atoms with E-state index in [4.69, 9.17) is 16.3 Å². The van der Waals surface area contributed by atoms with Crippen LogP contribution in [0.2, 0.25) is 5.02 Å². The molecular weight excluding hydrogens is 298 g/mol. The van der Waals surface area contributed by atoms with Gasteiger partial charge in [-0.2, -0.15) is 0 Å². The second kappa shape index (κ2) is 6.84. The summed E-state index contributed by atoms with van der Waals surface area (Å²) in [6.45, 7) is 7.80. The minimum atomic E-state index is -0.178. The SMILES string of the molecule is Cc1cccc(NC(=O)COc2c(C)cc(Cl)cc2C)c1C. The van der Waals surface area contributed by atoms with E-state index in [0.29, 0.717) is 10.8 Å². The fourth-order valence-corrected chi connectivity index (χ4v) is 2.66. The number of hydrogen-bond donors (Lipinski definition) is 1. The average molecular weight is 318 g/mol. The van der Waals surface area contributed by atoms with Gasteiger partial charge in [-0.1, -0.05) is 23.7 Å². The lowest BCUT2D eigenvalue weighted by Gasteiger charge is -2.14. The normalized spacial score (nSPS) is 10.4. The summed E-state index contributed by atoms with van der Waals surface area (Å²) in [6.07, 6.45) is 0. The first kappa shape index (κ1) is 16.4. The highest BCUT2D eigenvalue weighted by molar-refractivity contribution is 6.30. The third-order valence-corrected chi connectivity index (χ3v) is 3.87. The summed E-state index contributed by atoms with van der Waals surface area (Å²) in [7, 11) is 0. The van der Waals surface area contributed by atoms with Crippen LogP contribution in [0.3, 0.4) is 0 Å². The Morgan fingerprint density at radius 3 is 2.36 bits per heavy atom. The number of benzene rings is 2.